The van der Waals surface area contributed by atoms with E-state index in [0.29, 0.717) is 11.5 Å². The van der Waals surface area contributed by atoms with Crippen molar-refractivity contribution in [2.24, 2.45) is 5.73 Å². The SMILES string of the molecule is CC(N)c1ccc(C(=O)N2c3ccccc3CC2C)o1. The number of carbonyl (C=O) groups is 1. The van der Waals surface area contributed by atoms with Gasteiger partial charge in [-0.05, 0) is 44.0 Å². The molecule has 1 aromatic carbocycles. The number of fused-ring (bicyclic) bond motifs is 1. The number of benzene rings is 1. The summed E-state index contributed by atoms with van der Waals surface area (Å²) in [4.78, 5) is 14.5. The first-order valence-corrected chi connectivity index (χ1v) is 6.84. The maximum Gasteiger partial charge on any atom is 0.294 e. The number of amides is 1. The number of hydrogen-bond acceptors (Lipinski definition) is 3. The fourth-order valence-corrected chi connectivity index (χ4v) is 2.71. The first kappa shape index (κ1) is 12.9. The molecule has 104 valence electrons. The van der Waals surface area contributed by atoms with Crippen LogP contribution in [-0.4, -0.2) is 11.9 Å². The van der Waals surface area contributed by atoms with Crippen molar-refractivity contribution >= 4 is 11.6 Å². The summed E-state index contributed by atoms with van der Waals surface area (Å²) in [5.41, 5.74) is 7.94. The minimum Gasteiger partial charge on any atom is -0.454 e. The fraction of sp³-hybridized carbons (Fsp3) is 0.312. The molecule has 1 aliphatic heterocycles. The normalized spacial score (nSPS) is 18.9. The molecule has 0 saturated heterocycles. The first-order valence-electron chi connectivity index (χ1n) is 6.84. The number of rotatable bonds is 2. The lowest BCUT2D eigenvalue weighted by atomic mass is 10.1. The Balaban J connectivity index is 1.94. The Bertz CT molecular complexity index is 645. The third-order valence-corrected chi connectivity index (χ3v) is 3.71. The second kappa shape index (κ2) is 4.80. The van der Waals surface area contributed by atoms with E-state index in [1.807, 2.05) is 32.0 Å². The summed E-state index contributed by atoms with van der Waals surface area (Å²) in [6.07, 6.45) is 0.878. The second-order valence-corrected chi connectivity index (χ2v) is 5.35. The average molecular weight is 270 g/mol. The van der Waals surface area contributed by atoms with E-state index in [0.717, 1.165) is 12.1 Å². The van der Waals surface area contributed by atoms with Gasteiger partial charge in [-0.2, -0.15) is 0 Å². The molecule has 2 atom stereocenters. The van der Waals surface area contributed by atoms with E-state index in [-0.39, 0.29) is 18.0 Å². The second-order valence-electron chi connectivity index (χ2n) is 5.35. The standard InChI is InChI=1S/C16H18N2O2/c1-10-9-12-5-3-4-6-13(12)18(10)16(19)15-8-7-14(20-15)11(2)17/h3-8,10-11H,9,17H2,1-2H3. The number of para-hydroxylation sites is 1. The van der Waals surface area contributed by atoms with Crippen LogP contribution in [0.25, 0.3) is 0 Å². The number of nitrogens with two attached hydrogens (primary N) is 1. The van der Waals surface area contributed by atoms with Crippen LogP contribution in [0.1, 0.15) is 41.8 Å². The minimum atomic E-state index is -0.208. The van der Waals surface area contributed by atoms with Gasteiger partial charge in [0.15, 0.2) is 5.76 Å². The lowest BCUT2D eigenvalue weighted by Crippen LogP contribution is -2.35. The zero-order chi connectivity index (χ0) is 14.3. The average Bonchev–Trinajstić information content (AvgIpc) is 3.01. The van der Waals surface area contributed by atoms with E-state index in [9.17, 15) is 4.79 Å². The van der Waals surface area contributed by atoms with Crippen molar-refractivity contribution in [2.45, 2.75) is 32.4 Å². The van der Waals surface area contributed by atoms with E-state index < -0.39 is 0 Å². The molecule has 2 unspecified atom stereocenters. The van der Waals surface area contributed by atoms with Crippen molar-refractivity contribution in [2.75, 3.05) is 4.90 Å². The van der Waals surface area contributed by atoms with Gasteiger partial charge in [-0.3, -0.25) is 4.79 Å². The summed E-state index contributed by atoms with van der Waals surface area (Å²) in [5.74, 6) is 0.878. The molecule has 0 spiro atoms. The largest absolute Gasteiger partial charge is 0.454 e. The van der Waals surface area contributed by atoms with Gasteiger partial charge >= 0.3 is 0 Å². The maximum atomic E-state index is 12.6. The molecule has 0 saturated carbocycles. The van der Waals surface area contributed by atoms with Crippen molar-refractivity contribution in [3.05, 3.63) is 53.5 Å². The van der Waals surface area contributed by atoms with Crippen LogP contribution in [0.3, 0.4) is 0 Å². The Morgan fingerprint density at radius 2 is 2.10 bits per heavy atom. The number of nitrogens with zero attached hydrogens (tertiary/aromatic N) is 1. The molecular formula is C16H18N2O2. The zero-order valence-corrected chi connectivity index (χ0v) is 11.7. The summed E-state index contributed by atoms with van der Waals surface area (Å²) in [7, 11) is 0. The molecule has 1 amide bonds. The van der Waals surface area contributed by atoms with E-state index in [4.69, 9.17) is 10.2 Å². The molecule has 0 bridgehead atoms. The summed E-state index contributed by atoms with van der Waals surface area (Å²) >= 11 is 0. The summed E-state index contributed by atoms with van der Waals surface area (Å²) in [5, 5.41) is 0. The Labute approximate surface area is 118 Å². The Morgan fingerprint density at radius 1 is 1.35 bits per heavy atom. The van der Waals surface area contributed by atoms with Crippen LogP contribution in [0, 0.1) is 0 Å². The van der Waals surface area contributed by atoms with Crippen LogP contribution in [0.5, 0.6) is 0 Å². The van der Waals surface area contributed by atoms with Gasteiger partial charge < -0.3 is 15.1 Å². The van der Waals surface area contributed by atoms with Crippen molar-refractivity contribution in [3.8, 4) is 0 Å². The van der Waals surface area contributed by atoms with Crippen LogP contribution in [0.15, 0.2) is 40.8 Å². The van der Waals surface area contributed by atoms with E-state index in [1.54, 1.807) is 17.0 Å². The lowest BCUT2D eigenvalue weighted by molar-refractivity contribution is 0.0952. The Morgan fingerprint density at radius 3 is 2.80 bits per heavy atom. The molecule has 4 heteroatoms. The fourth-order valence-electron chi connectivity index (χ4n) is 2.71. The quantitative estimate of drug-likeness (QED) is 0.912. The van der Waals surface area contributed by atoms with E-state index in [2.05, 4.69) is 6.07 Å². The van der Waals surface area contributed by atoms with Crippen molar-refractivity contribution < 1.29 is 9.21 Å². The van der Waals surface area contributed by atoms with E-state index in [1.165, 1.54) is 5.56 Å². The number of hydrogen-bond donors (Lipinski definition) is 1. The van der Waals surface area contributed by atoms with Gasteiger partial charge in [0.2, 0.25) is 0 Å². The van der Waals surface area contributed by atoms with Crippen LogP contribution in [0.2, 0.25) is 0 Å². The highest BCUT2D eigenvalue weighted by Crippen LogP contribution is 2.33. The van der Waals surface area contributed by atoms with Crippen molar-refractivity contribution in [1.82, 2.24) is 0 Å². The molecule has 1 aromatic heterocycles. The monoisotopic (exact) mass is 270 g/mol. The smallest absolute Gasteiger partial charge is 0.294 e. The molecule has 2 heterocycles. The zero-order valence-electron chi connectivity index (χ0n) is 11.7. The topological polar surface area (TPSA) is 59.5 Å². The van der Waals surface area contributed by atoms with Gasteiger partial charge in [0, 0.05) is 11.7 Å². The molecule has 3 rings (SSSR count). The van der Waals surface area contributed by atoms with Gasteiger partial charge in [0.1, 0.15) is 5.76 Å². The van der Waals surface area contributed by atoms with Crippen LogP contribution in [0.4, 0.5) is 5.69 Å². The number of anilines is 1. The molecule has 2 aromatic rings. The van der Waals surface area contributed by atoms with Crippen molar-refractivity contribution in [1.29, 1.82) is 0 Å². The van der Waals surface area contributed by atoms with Crippen LogP contribution < -0.4 is 10.6 Å². The van der Waals surface area contributed by atoms with E-state index >= 15 is 0 Å². The lowest BCUT2D eigenvalue weighted by Gasteiger charge is -2.21. The Hall–Kier alpha value is -2.07. The van der Waals surface area contributed by atoms with Crippen LogP contribution >= 0.6 is 0 Å². The molecule has 0 fully saturated rings. The van der Waals surface area contributed by atoms with Crippen LogP contribution in [-0.2, 0) is 6.42 Å². The molecule has 4 nitrogen and oxygen atoms in total. The summed E-state index contributed by atoms with van der Waals surface area (Å²) < 4.78 is 5.57. The van der Waals surface area contributed by atoms with Gasteiger partial charge in [-0.15, -0.1) is 0 Å². The van der Waals surface area contributed by atoms with Gasteiger partial charge in [0.05, 0.1) is 6.04 Å². The van der Waals surface area contributed by atoms with Gasteiger partial charge in [0.25, 0.3) is 5.91 Å². The number of carbonyl (C=O) groups excluding carboxylic acids is 1. The van der Waals surface area contributed by atoms with Gasteiger partial charge in [-0.1, -0.05) is 18.2 Å². The molecular weight excluding hydrogens is 252 g/mol. The Kier molecular flexibility index (Phi) is 3.10. The maximum absolute atomic E-state index is 12.6. The summed E-state index contributed by atoms with van der Waals surface area (Å²) in [6.45, 7) is 3.88. The third-order valence-electron chi connectivity index (χ3n) is 3.71. The molecule has 2 N–H and O–H groups in total. The third kappa shape index (κ3) is 2.02. The minimum absolute atomic E-state index is 0.102. The predicted octanol–water partition coefficient (Wildman–Crippen LogP) is 2.89. The molecule has 1 aliphatic rings. The highest BCUT2D eigenvalue weighted by Gasteiger charge is 2.32. The first-order chi connectivity index (χ1) is 9.58. The molecule has 20 heavy (non-hydrogen) atoms. The number of furan rings is 1. The highest BCUT2D eigenvalue weighted by molar-refractivity contribution is 6.06. The van der Waals surface area contributed by atoms with Crippen molar-refractivity contribution in [3.63, 3.8) is 0 Å². The molecule has 0 aliphatic carbocycles. The molecule has 0 radical (unpaired) electrons. The predicted molar refractivity (Wildman–Crippen MR) is 77.7 cm³/mol. The van der Waals surface area contributed by atoms with Gasteiger partial charge in [-0.25, -0.2) is 0 Å². The summed E-state index contributed by atoms with van der Waals surface area (Å²) in [6, 6.07) is 11.4. The highest BCUT2D eigenvalue weighted by atomic mass is 16.4.